The first-order valence-corrected chi connectivity index (χ1v) is 11.9. The molecule has 0 bridgehead atoms. The van der Waals surface area contributed by atoms with Gasteiger partial charge in [-0.1, -0.05) is 36.5 Å². The van der Waals surface area contributed by atoms with Gasteiger partial charge in [-0.3, -0.25) is 14.5 Å². The molecule has 0 atom stereocenters. The molecule has 3 heterocycles. The second kappa shape index (κ2) is 10.4. The third kappa shape index (κ3) is 5.95. The zero-order chi connectivity index (χ0) is 21.6. The van der Waals surface area contributed by atoms with E-state index in [0.29, 0.717) is 23.5 Å². The van der Waals surface area contributed by atoms with Crippen LogP contribution < -0.4 is 5.32 Å². The van der Waals surface area contributed by atoms with Gasteiger partial charge in [-0.05, 0) is 43.2 Å². The predicted molar refractivity (Wildman–Crippen MR) is 129 cm³/mol. The lowest BCUT2D eigenvalue weighted by molar-refractivity contribution is -0.114. The molecule has 2 saturated heterocycles. The van der Waals surface area contributed by atoms with Crippen LogP contribution in [-0.4, -0.2) is 54.3 Å². The van der Waals surface area contributed by atoms with Gasteiger partial charge in [0.05, 0.1) is 30.3 Å². The number of morpholine rings is 1. The van der Waals surface area contributed by atoms with E-state index in [2.05, 4.69) is 10.2 Å². The highest BCUT2D eigenvalue weighted by Gasteiger charge is 2.21. The summed E-state index contributed by atoms with van der Waals surface area (Å²) in [6.07, 6.45) is 4.69. The van der Waals surface area contributed by atoms with E-state index in [9.17, 15) is 9.59 Å². The SMILES string of the molecule is O=C1CC(=S)N/C1=C/c1ccc(-c2ccc(C(=O)CCCCN3CCOCC3)cc2)s1. The molecule has 2 aliphatic heterocycles. The van der Waals surface area contributed by atoms with Crippen molar-refractivity contribution < 1.29 is 14.3 Å². The van der Waals surface area contributed by atoms with Gasteiger partial charge < -0.3 is 10.1 Å². The largest absolute Gasteiger partial charge is 0.379 e. The summed E-state index contributed by atoms with van der Waals surface area (Å²) in [4.78, 5) is 29.5. The Morgan fingerprint density at radius 2 is 1.90 bits per heavy atom. The number of ketones is 2. The quantitative estimate of drug-likeness (QED) is 0.277. The van der Waals surface area contributed by atoms with Crippen LogP contribution in [0.25, 0.3) is 16.5 Å². The normalized spacial score (nSPS) is 18.5. The maximum Gasteiger partial charge on any atom is 0.185 e. The highest BCUT2D eigenvalue weighted by Crippen LogP contribution is 2.30. The van der Waals surface area contributed by atoms with Crippen LogP contribution in [0.15, 0.2) is 42.1 Å². The number of hydrogen-bond donors (Lipinski definition) is 1. The molecule has 162 valence electrons. The fourth-order valence-electron chi connectivity index (χ4n) is 3.76. The summed E-state index contributed by atoms with van der Waals surface area (Å²) in [5, 5.41) is 2.96. The molecule has 0 saturated carbocycles. The van der Waals surface area contributed by atoms with Crippen LogP contribution in [-0.2, 0) is 9.53 Å². The number of carbonyl (C=O) groups is 2. The highest BCUT2D eigenvalue weighted by molar-refractivity contribution is 7.80. The summed E-state index contributed by atoms with van der Waals surface area (Å²) in [5.41, 5.74) is 2.40. The molecule has 7 heteroatoms. The van der Waals surface area contributed by atoms with E-state index in [1.165, 1.54) is 0 Å². The summed E-state index contributed by atoms with van der Waals surface area (Å²) < 4.78 is 5.36. The Bertz CT molecular complexity index is 989. The summed E-state index contributed by atoms with van der Waals surface area (Å²) in [6.45, 7) is 4.67. The maximum atomic E-state index is 12.5. The average Bonchev–Trinajstić information content (AvgIpc) is 3.38. The van der Waals surface area contributed by atoms with Crippen molar-refractivity contribution >= 4 is 46.2 Å². The summed E-state index contributed by atoms with van der Waals surface area (Å²) in [7, 11) is 0. The zero-order valence-corrected chi connectivity index (χ0v) is 19.0. The van der Waals surface area contributed by atoms with Crippen molar-refractivity contribution in [2.45, 2.75) is 25.7 Å². The van der Waals surface area contributed by atoms with Crippen LogP contribution in [0, 0.1) is 0 Å². The van der Waals surface area contributed by atoms with E-state index in [1.54, 1.807) is 11.3 Å². The van der Waals surface area contributed by atoms with Gasteiger partial charge in [0.25, 0.3) is 0 Å². The van der Waals surface area contributed by atoms with Gasteiger partial charge in [-0.25, -0.2) is 0 Å². The van der Waals surface area contributed by atoms with Crippen molar-refractivity contribution in [1.29, 1.82) is 0 Å². The van der Waals surface area contributed by atoms with Crippen molar-refractivity contribution in [2.24, 2.45) is 0 Å². The molecule has 1 N–H and O–H groups in total. The number of Topliss-reactive ketones (excluding diaryl/α,β-unsaturated/α-hetero) is 2. The Balaban J connectivity index is 1.29. The van der Waals surface area contributed by atoms with Gasteiger partial charge in [-0.2, -0.15) is 0 Å². The van der Waals surface area contributed by atoms with E-state index in [0.717, 1.165) is 66.6 Å². The van der Waals surface area contributed by atoms with Crippen LogP contribution in [0.1, 0.15) is 40.9 Å². The number of nitrogens with zero attached hydrogens (tertiary/aromatic N) is 1. The molecule has 5 nitrogen and oxygen atoms in total. The number of benzene rings is 1. The third-order valence-electron chi connectivity index (χ3n) is 5.53. The average molecular weight is 455 g/mol. The number of nitrogens with one attached hydrogen (secondary N) is 1. The number of rotatable bonds is 8. The Kier molecular flexibility index (Phi) is 7.40. The molecule has 1 aromatic carbocycles. The Hall–Kier alpha value is -2.19. The summed E-state index contributed by atoms with van der Waals surface area (Å²) in [5.74, 6) is 0.236. The number of hydrogen-bond acceptors (Lipinski definition) is 6. The molecule has 4 rings (SSSR count). The topological polar surface area (TPSA) is 58.6 Å². The number of ether oxygens (including phenoxy) is 1. The number of carbonyl (C=O) groups excluding carboxylic acids is 2. The first kappa shape index (κ1) is 22.0. The lowest BCUT2D eigenvalue weighted by atomic mass is 10.0. The van der Waals surface area contributed by atoms with Gasteiger partial charge in [0.15, 0.2) is 11.6 Å². The highest BCUT2D eigenvalue weighted by atomic mass is 32.1. The number of allylic oxidation sites excluding steroid dienone is 1. The van der Waals surface area contributed by atoms with Gasteiger partial charge in [0.2, 0.25) is 0 Å². The van der Waals surface area contributed by atoms with Crippen LogP contribution in [0.4, 0.5) is 0 Å². The minimum absolute atomic E-state index is 0.0350. The molecule has 0 unspecified atom stereocenters. The molecule has 2 aliphatic rings. The minimum atomic E-state index is 0.0350. The van der Waals surface area contributed by atoms with Crippen molar-refractivity contribution in [3.63, 3.8) is 0 Å². The van der Waals surface area contributed by atoms with Crippen LogP contribution in [0.3, 0.4) is 0 Å². The number of thiophene rings is 1. The molecule has 1 aromatic heterocycles. The molecular formula is C24H26N2O3S2. The molecule has 2 fully saturated rings. The lowest BCUT2D eigenvalue weighted by Gasteiger charge is -2.26. The van der Waals surface area contributed by atoms with Crippen LogP contribution >= 0.6 is 23.6 Å². The Labute approximate surface area is 192 Å². The molecule has 0 aliphatic carbocycles. The fourth-order valence-corrected chi connectivity index (χ4v) is 4.96. The van der Waals surface area contributed by atoms with Crippen LogP contribution in [0.2, 0.25) is 0 Å². The zero-order valence-electron chi connectivity index (χ0n) is 17.4. The van der Waals surface area contributed by atoms with Gasteiger partial charge in [0, 0.05) is 34.8 Å². The Morgan fingerprint density at radius 3 is 2.61 bits per heavy atom. The fraction of sp³-hybridized carbons (Fsp3) is 0.375. The smallest absolute Gasteiger partial charge is 0.185 e. The van der Waals surface area contributed by atoms with Gasteiger partial charge >= 0.3 is 0 Å². The molecule has 2 aromatic rings. The lowest BCUT2D eigenvalue weighted by Crippen LogP contribution is -2.36. The van der Waals surface area contributed by atoms with Crippen LogP contribution in [0.5, 0.6) is 0 Å². The van der Waals surface area contributed by atoms with Crippen molar-refractivity contribution in [3.05, 3.63) is 52.5 Å². The van der Waals surface area contributed by atoms with Crippen molar-refractivity contribution in [2.75, 3.05) is 32.8 Å². The van der Waals surface area contributed by atoms with Crippen molar-refractivity contribution in [1.82, 2.24) is 10.2 Å². The maximum absolute atomic E-state index is 12.5. The molecular weight excluding hydrogens is 428 g/mol. The first-order chi connectivity index (χ1) is 15.1. The first-order valence-electron chi connectivity index (χ1n) is 10.7. The predicted octanol–water partition coefficient (Wildman–Crippen LogP) is 4.33. The summed E-state index contributed by atoms with van der Waals surface area (Å²) in [6, 6.07) is 11.9. The minimum Gasteiger partial charge on any atom is -0.379 e. The van der Waals surface area contributed by atoms with Gasteiger partial charge in [0.1, 0.15) is 0 Å². The van der Waals surface area contributed by atoms with Crippen molar-refractivity contribution in [3.8, 4) is 10.4 Å². The third-order valence-corrected chi connectivity index (χ3v) is 6.86. The van der Waals surface area contributed by atoms with E-state index < -0.39 is 0 Å². The molecule has 0 spiro atoms. The van der Waals surface area contributed by atoms with E-state index in [-0.39, 0.29) is 11.6 Å². The number of unbranched alkanes of at least 4 members (excludes halogenated alkanes) is 1. The van der Waals surface area contributed by atoms with E-state index in [1.807, 2.05) is 42.5 Å². The van der Waals surface area contributed by atoms with E-state index in [4.69, 9.17) is 17.0 Å². The standard InChI is InChI=1S/C24H26N2O3S2/c27-21(3-1-2-10-26-11-13-29-14-12-26)17-4-6-18(7-5-17)23-9-8-19(31-23)15-20-22(28)16-24(30)25-20/h4-9,15H,1-3,10-14,16H2,(H,25,30)/b20-15+. The summed E-state index contributed by atoms with van der Waals surface area (Å²) >= 11 is 6.67. The number of thiocarbonyl (C=S) groups is 1. The molecule has 31 heavy (non-hydrogen) atoms. The molecule has 0 amide bonds. The van der Waals surface area contributed by atoms with E-state index >= 15 is 0 Å². The second-order valence-corrected chi connectivity index (χ2v) is 9.43. The monoisotopic (exact) mass is 454 g/mol. The second-order valence-electron chi connectivity index (χ2n) is 7.82. The van der Waals surface area contributed by atoms with Gasteiger partial charge in [-0.15, -0.1) is 11.3 Å². The molecule has 0 radical (unpaired) electrons. The Morgan fingerprint density at radius 1 is 1.13 bits per heavy atom.